The van der Waals surface area contributed by atoms with E-state index in [0.717, 1.165) is 63.4 Å². The Hall–Kier alpha value is -1.92. The number of benzene rings is 1. The number of para-hydroxylation sites is 1. The average Bonchev–Trinajstić information content (AvgIpc) is 3.18. The van der Waals surface area contributed by atoms with Gasteiger partial charge in [-0.05, 0) is 38.3 Å². The molecule has 3 rings (SSSR count). The Bertz CT molecular complexity index is 634. The van der Waals surface area contributed by atoms with Crippen molar-refractivity contribution >= 4 is 17.5 Å². The number of likely N-dealkylation sites (tertiary alicyclic amines) is 1. The molecule has 0 bridgehead atoms. The van der Waals surface area contributed by atoms with Crippen LogP contribution in [0.3, 0.4) is 0 Å². The molecule has 1 aromatic carbocycles. The summed E-state index contributed by atoms with van der Waals surface area (Å²) in [6.07, 6.45) is 2.26. The Morgan fingerprint density at radius 2 is 1.69 bits per heavy atom. The highest BCUT2D eigenvalue weighted by Gasteiger charge is 2.27. The van der Waals surface area contributed by atoms with Gasteiger partial charge in [-0.15, -0.1) is 0 Å². The van der Waals surface area contributed by atoms with E-state index in [1.165, 1.54) is 0 Å². The van der Waals surface area contributed by atoms with Crippen molar-refractivity contribution in [1.29, 1.82) is 0 Å². The summed E-state index contributed by atoms with van der Waals surface area (Å²) in [6, 6.07) is 7.66. The molecule has 0 spiro atoms. The highest BCUT2D eigenvalue weighted by Crippen LogP contribution is 2.15. The number of hydrogen-bond donors (Lipinski definition) is 1. The smallest absolute Gasteiger partial charge is 0.241 e. The van der Waals surface area contributed by atoms with Crippen molar-refractivity contribution in [2.24, 2.45) is 0 Å². The lowest BCUT2D eigenvalue weighted by atomic mass is 10.1. The molecule has 1 atom stereocenters. The van der Waals surface area contributed by atoms with Crippen molar-refractivity contribution in [1.82, 2.24) is 14.7 Å². The first-order chi connectivity index (χ1) is 12.5. The fraction of sp³-hybridized carbons (Fsp3) is 0.600. The lowest BCUT2D eigenvalue weighted by Gasteiger charge is -2.37. The molecule has 0 radical (unpaired) electrons. The number of aryl methyl sites for hydroxylation is 1. The van der Waals surface area contributed by atoms with Gasteiger partial charge in [0, 0.05) is 45.0 Å². The van der Waals surface area contributed by atoms with Crippen molar-refractivity contribution in [3.05, 3.63) is 29.8 Å². The van der Waals surface area contributed by atoms with Gasteiger partial charge >= 0.3 is 0 Å². The molecule has 6 heteroatoms. The lowest BCUT2D eigenvalue weighted by molar-refractivity contribution is -0.132. The van der Waals surface area contributed by atoms with Gasteiger partial charge in [0.2, 0.25) is 11.8 Å². The fourth-order valence-electron chi connectivity index (χ4n) is 3.68. The number of nitrogens with zero attached hydrogens (tertiary/aromatic N) is 3. The first-order valence-corrected chi connectivity index (χ1v) is 9.65. The van der Waals surface area contributed by atoms with Gasteiger partial charge in [0.15, 0.2) is 0 Å². The second-order valence-corrected chi connectivity index (χ2v) is 7.38. The van der Waals surface area contributed by atoms with E-state index in [0.29, 0.717) is 6.54 Å². The number of piperazine rings is 1. The van der Waals surface area contributed by atoms with Gasteiger partial charge in [-0.1, -0.05) is 18.2 Å². The normalized spacial score (nSPS) is 20.2. The van der Waals surface area contributed by atoms with Crippen molar-refractivity contribution in [3.8, 4) is 0 Å². The van der Waals surface area contributed by atoms with Gasteiger partial charge in [0.25, 0.3) is 0 Å². The van der Waals surface area contributed by atoms with Crippen LogP contribution >= 0.6 is 0 Å². The van der Waals surface area contributed by atoms with Gasteiger partial charge in [-0.25, -0.2) is 0 Å². The molecule has 2 amide bonds. The number of hydrogen-bond acceptors (Lipinski definition) is 4. The predicted molar refractivity (Wildman–Crippen MR) is 103 cm³/mol. The molecule has 0 saturated carbocycles. The Morgan fingerprint density at radius 3 is 2.35 bits per heavy atom. The molecule has 142 valence electrons. The summed E-state index contributed by atoms with van der Waals surface area (Å²) in [6.45, 7) is 9.59. The SMILES string of the molecule is Cc1ccccc1NC(=O)[C@@H](C)N1CCN(CC(=O)N2CCCC2)CC1. The van der Waals surface area contributed by atoms with Gasteiger partial charge < -0.3 is 10.2 Å². The molecule has 2 aliphatic rings. The van der Waals surface area contributed by atoms with Crippen LogP contribution in [0.15, 0.2) is 24.3 Å². The summed E-state index contributed by atoms with van der Waals surface area (Å²) in [4.78, 5) is 31.2. The van der Waals surface area contributed by atoms with E-state index in [2.05, 4.69) is 15.1 Å². The third-order valence-corrected chi connectivity index (χ3v) is 5.55. The first-order valence-electron chi connectivity index (χ1n) is 9.65. The van der Waals surface area contributed by atoms with E-state index in [-0.39, 0.29) is 17.9 Å². The largest absolute Gasteiger partial charge is 0.342 e. The Balaban J connectivity index is 1.45. The van der Waals surface area contributed by atoms with Crippen LogP contribution in [0, 0.1) is 6.92 Å². The monoisotopic (exact) mass is 358 g/mol. The number of nitrogens with one attached hydrogen (secondary N) is 1. The Kier molecular flexibility index (Phi) is 6.27. The third kappa shape index (κ3) is 4.62. The first kappa shape index (κ1) is 18.9. The number of carbonyl (C=O) groups is 2. The fourth-order valence-corrected chi connectivity index (χ4v) is 3.68. The van der Waals surface area contributed by atoms with Gasteiger partial charge in [0.05, 0.1) is 12.6 Å². The molecule has 2 heterocycles. The molecular formula is C20H30N4O2. The molecule has 0 aliphatic carbocycles. The van der Waals surface area contributed by atoms with Crippen LogP contribution in [0.5, 0.6) is 0 Å². The summed E-state index contributed by atoms with van der Waals surface area (Å²) in [5.74, 6) is 0.280. The van der Waals surface area contributed by atoms with Crippen LogP contribution in [0.1, 0.15) is 25.3 Å². The van der Waals surface area contributed by atoms with E-state index < -0.39 is 0 Å². The van der Waals surface area contributed by atoms with Crippen molar-refractivity contribution in [2.45, 2.75) is 32.7 Å². The van der Waals surface area contributed by atoms with Gasteiger partial charge in [-0.3, -0.25) is 19.4 Å². The van der Waals surface area contributed by atoms with E-state index in [1.54, 1.807) is 0 Å². The predicted octanol–water partition coefficient (Wildman–Crippen LogP) is 1.56. The van der Waals surface area contributed by atoms with Crippen molar-refractivity contribution in [2.75, 3.05) is 51.1 Å². The zero-order chi connectivity index (χ0) is 18.5. The summed E-state index contributed by atoms with van der Waals surface area (Å²) in [7, 11) is 0. The molecule has 6 nitrogen and oxygen atoms in total. The van der Waals surface area contributed by atoms with Crippen LogP contribution in [0.2, 0.25) is 0 Å². The third-order valence-electron chi connectivity index (χ3n) is 5.55. The van der Waals surface area contributed by atoms with E-state index >= 15 is 0 Å². The molecule has 0 aromatic heterocycles. The Labute approximate surface area is 156 Å². The molecule has 1 aromatic rings. The maximum Gasteiger partial charge on any atom is 0.241 e. The standard InChI is InChI=1S/C20H30N4O2/c1-16-7-3-4-8-18(16)21-20(26)17(2)23-13-11-22(12-14-23)15-19(25)24-9-5-6-10-24/h3-4,7-8,17H,5-6,9-15H2,1-2H3,(H,21,26)/t17-/m1/s1. The van der Waals surface area contributed by atoms with E-state index in [4.69, 9.17) is 0 Å². The number of amides is 2. The highest BCUT2D eigenvalue weighted by atomic mass is 16.2. The number of rotatable bonds is 5. The molecule has 1 N–H and O–H groups in total. The lowest BCUT2D eigenvalue weighted by Crippen LogP contribution is -2.54. The second kappa shape index (κ2) is 8.64. The maximum absolute atomic E-state index is 12.6. The molecular weight excluding hydrogens is 328 g/mol. The second-order valence-electron chi connectivity index (χ2n) is 7.38. The number of anilines is 1. The minimum atomic E-state index is -0.175. The zero-order valence-corrected chi connectivity index (χ0v) is 15.9. The van der Waals surface area contributed by atoms with Crippen molar-refractivity contribution in [3.63, 3.8) is 0 Å². The van der Waals surface area contributed by atoms with Crippen LogP contribution in [0.4, 0.5) is 5.69 Å². The average molecular weight is 358 g/mol. The molecule has 0 unspecified atom stereocenters. The van der Waals surface area contributed by atoms with Crippen LogP contribution in [-0.2, 0) is 9.59 Å². The van der Waals surface area contributed by atoms with Crippen LogP contribution in [0.25, 0.3) is 0 Å². The Morgan fingerprint density at radius 1 is 1.04 bits per heavy atom. The van der Waals surface area contributed by atoms with E-state index in [9.17, 15) is 9.59 Å². The molecule has 2 fully saturated rings. The highest BCUT2D eigenvalue weighted by molar-refractivity contribution is 5.95. The minimum Gasteiger partial charge on any atom is -0.342 e. The van der Waals surface area contributed by atoms with E-state index in [1.807, 2.05) is 43.0 Å². The summed E-state index contributed by atoms with van der Waals surface area (Å²) >= 11 is 0. The maximum atomic E-state index is 12.6. The molecule has 2 saturated heterocycles. The number of carbonyl (C=O) groups excluding carboxylic acids is 2. The van der Waals surface area contributed by atoms with Gasteiger partial charge in [-0.2, -0.15) is 0 Å². The molecule has 2 aliphatic heterocycles. The van der Waals surface area contributed by atoms with Crippen molar-refractivity contribution < 1.29 is 9.59 Å². The summed E-state index contributed by atoms with van der Waals surface area (Å²) in [5, 5.41) is 3.03. The van der Waals surface area contributed by atoms with Crippen LogP contribution in [-0.4, -0.2) is 78.4 Å². The topological polar surface area (TPSA) is 55.9 Å². The summed E-state index contributed by atoms with van der Waals surface area (Å²) in [5.41, 5.74) is 1.94. The molecule has 26 heavy (non-hydrogen) atoms. The summed E-state index contributed by atoms with van der Waals surface area (Å²) < 4.78 is 0. The minimum absolute atomic E-state index is 0.0286. The van der Waals surface area contributed by atoms with Gasteiger partial charge in [0.1, 0.15) is 0 Å². The van der Waals surface area contributed by atoms with Crippen LogP contribution < -0.4 is 5.32 Å². The zero-order valence-electron chi connectivity index (χ0n) is 15.9. The quantitative estimate of drug-likeness (QED) is 0.868.